The maximum atomic E-state index is 3.60. The van der Waals surface area contributed by atoms with E-state index in [9.17, 15) is 0 Å². The van der Waals surface area contributed by atoms with Gasteiger partial charge in [-0.25, -0.2) is 0 Å². The smallest absolute Gasteiger partial charge is 1.00 e. The van der Waals surface area contributed by atoms with Crippen molar-refractivity contribution in [1.82, 2.24) is 9.80 Å². The summed E-state index contributed by atoms with van der Waals surface area (Å²) in [7, 11) is 8.30. The number of hydrogen-bond acceptors (Lipinski definition) is 2. The summed E-state index contributed by atoms with van der Waals surface area (Å²) in [4.78, 5) is 4.32. The molecular weight excluding hydrogens is 499 g/mol. The van der Waals surface area contributed by atoms with Crippen molar-refractivity contribution in [2.75, 3.05) is 28.2 Å². The van der Waals surface area contributed by atoms with E-state index >= 15 is 0 Å². The maximum absolute atomic E-state index is 3.60. The molecule has 0 aliphatic carbocycles. The Kier molecular flexibility index (Phi) is 26.9. The molecule has 0 aliphatic heterocycles. The minimum atomic E-state index is 0. The van der Waals surface area contributed by atoms with Crippen LogP contribution in [0.1, 0.15) is 30.9 Å². The largest absolute Gasteiger partial charge is 2.00 e. The molecule has 1 aromatic carbocycles. The minimum absolute atomic E-state index is 0. The van der Waals surface area contributed by atoms with Crippen molar-refractivity contribution in [2.45, 2.75) is 32.9 Å². The molecule has 0 atom stereocenters. The SMILES string of the molecule is CN(C)Cc1[c]c(CN(C)C)ccc1.[Br-].[Br-].[CH2]CCC.[Sn+2]. The molecule has 1 aromatic rings. The zero-order valence-electron chi connectivity index (χ0n) is 13.9. The molecule has 2 nitrogen and oxygen atoms in total. The molecule has 0 unspecified atom stereocenters. The third-order valence-electron chi connectivity index (χ3n) is 2.24. The van der Waals surface area contributed by atoms with Crippen molar-refractivity contribution in [2.24, 2.45) is 0 Å². The summed E-state index contributed by atoms with van der Waals surface area (Å²) < 4.78 is 0. The summed E-state index contributed by atoms with van der Waals surface area (Å²) in [6.45, 7) is 7.64. The second kappa shape index (κ2) is 18.9. The molecule has 0 aromatic heterocycles. The van der Waals surface area contributed by atoms with Gasteiger partial charge in [-0.15, -0.1) is 0 Å². The van der Waals surface area contributed by atoms with Crippen molar-refractivity contribution in [1.29, 1.82) is 0 Å². The van der Waals surface area contributed by atoms with Gasteiger partial charge < -0.3 is 43.8 Å². The Morgan fingerprint density at radius 1 is 0.952 bits per heavy atom. The average molecular weight is 527 g/mol. The van der Waals surface area contributed by atoms with Crippen LogP contribution in [-0.4, -0.2) is 61.9 Å². The first-order valence-electron chi connectivity index (χ1n) is 6.58. The van der Waals surface area contributed by atoms with Crippen LogP contribution in [0.5, 0.6) is 0 Å². The number of rotatable bonds is 5. The van der Waals surface area contributed by atoms with Gasteiger partial charge in [-0.1, -0.05) is 44.9 Å². The van der Waals surface area contributed by atoms with Gasteiger partial charge >= 0.3 is 23.9 Å². The zero-order chi connectivity index (χ0) is 14.0. The third-order valence-corrected chi connectivity index (χ3v) is 2.24. The predicted octanol–water partition coefficient (Wildman–Crippen LogP) is -3.14. The molecule has 0 bridgehead atoms. The fourth-order valence-corrected chi connectivity index (χ4v) is 1.44. The molecule has 1 rings (SSSR count). The molecular formula is C16H28Br2N2Sn. The molecule has 0 heterocycles. The van der Waals surface area contributed by atoms with E-state index in [1.54, 1.807) is 0 Å². The Morgan fingerprint density at radius 2 is 1.29 bits per heavy atom. The summed E-state index contributed by atoms with van der Waals surface area (Å²) in [6.07, 6.45) is 2.28. The molecule has 0 aliphatic rings. The van der Waals surface area contributed by atoms with Gasteiger partial charge in [0.05, 0.1) is 0 Å². The molecule has 0 N–H and O–H groups in total. The van der Waals surface area contributed by atoms with Gasteiger partial charge in [-0.05, 0) is 45.4 Å². The predicted molar refractivity (Wildman–Crippen MR) is 86.1 cm³/mol. The maximum Gasteiger partial charge on any atom is 2.00 e. The molecule has 120 valence electrons. The van der Waals surface area contributed by atoms with Gasteiger partial charge in [0.2, 0.25) is 0 Å². The Bertz CT molecular complexity index is 294. The van der Waals surface area contributed by atoms with Crippen LogP contribution < -0.4 is 34.0 Å². The van der Waals surface area contributed by atoms with Crippen LogP contribution in [0.25, 0.3) is 0 Å². The van der Waals surface area contributed by atoms with Crippen molar-refractivity contribution in [3.8, 4) is 0 Å². The van der Waals surface area contributed by atoms with Crippen LogP contribution >= 0.6 is 0 Å². The molecule has 0 spiro atoms. The molecule has 0 saturated heterocycles. The van der Waals surface area contributed by atoms with E-state index in [1.807, 2.05) is 0 Å². The molecule has 4 radical (unpaired) electrons. The van der Waals surface area contributed by atoms with Gasteiger partial charge in [-0.2, -0.15) is 0 Å². The zero-order valence-corrected chi connectivity index (χ0v) is 19.9. The molecule has 0 fully saturated rings. The van der Waals surface area contributed by atoms with E-state index in [-0.39, 0.29) is 57.9 Å². The van der Waals surface area contributed by atoms with Gasteiger partial charge in [0, 0.05) is 13.1 Å². The van der Waals surface area contributed by atoms with Crippen molar-refractivity contribution in [3.63, 3.8) is 0 Å². The van der Waals surface area contributed by atoms with Crippen molar-refractivity contribution >= 4 is 23.9 Å². The fourth-order valence-electron chi connectivity index (χ4n) is 1.44. The number of nitrogens with zero attached hydrogens (tertiary/aromatic N) is 2. The van der Waals surface area contributed by atoms with Crippen LogP contribution in [0.4, 0.5) is 0 Å². The van der Waals surface area contributed by atoms with Crippen LogP contribution in [0.2, 0.25) is 0 Å². The Hall–Kier alpha value is 0.899. The standard InChI is InChI=1S/C12H19N2.C4H9.2BrH.Sn/c1-13(2)9-11-6-5-7-12(8-11)10-14(3)4;1-3-4-2;;;/h5-7H,9-10H2,1-4H3;1,3-4H2,2H3;2*1H;/q;;;;+2/p-2. The van der Waals surface area contributed by atoms with Crippen LogP contribution in [-0.2, 0) is 13.1 Å². The quantitative estimate of drug-likeness (QED) is 0.374. The first kappa shape index (κ1) is 29.9. The first-order chi connectivity index (χ1) is 8.49. The van der Waals surface area contributed by atoms with E-state index in [0.29, 0.717) is 0 Å². The van der Waals surface area contributed by atoms with Gasteiger partial charge in [0.15, 0.2) is 0 Å². The summed E-state index contributed by atoms with van der Waals surface area (Å²) in [5.41, 5.74) is 2.52. The number of unbranched alkanes of at least 4 members (excludes halogenated alkanes) is 1. The molecule has 5 heteroatoms. The van der Waals surface area contributed by atoms with E-state index in [2.05, 4.69) is 76.1 Å². The minimum Gasteiger partial charge on any atom is -1.00 e. The van der Waals surface area contributed by atoms with E-state index in [0.717, 1.165) is 19.5 Å². The topological polar surface area (TPSA) is 6.48 Å². The summed E-state index contributed by atoms with van der Waals surface area (Å²) in [5, 5.41) is 0. The third kappa shape index (κ3) is 18.9. The number of hydrogen-bond donors (Lipinski definition) is 0. The Morgan fingerprint density at radius 3 is 1.52 bits per heavy atom. The normalized spacial score (nSPS) is 8.95. The molecule has 0 saturated carbocycles. The van der Waals surface area contributed by atoms with Crippen LogP contribution in [0.15, 0.2) is 18.2 Å². The number of benzene rings is 1. The summed E-state index contributed by atoms with van der Waals surface area (Å²) >= 11 is 0. The fraction of sp³-hybridized carbons (Fsp3) is 0.562. The van der Waals surface area contributed by atoms with E-state index < -0.39 is 0 Å². The van der Waals surface area contributed by atoms with Gasteiger partial charge in [-0.3, -0.25) is 0 Å². The summed E-state index contributed by atoms with van der Waals surface area (Å²) in [6, 6.07) is 9.78. The number of halogens is 2. The molecule has 0 amide bonds. The van der Waals surface area contributed by atoms with Gasteiger partial charge in [0.25, 0.3) is 0 Å². The Balaban J connectivity index is -0.000000185. The first-order valence-corrected chi connectivity index (χ1v) is 6.58. The van der Waals surface area contributed by atoms with Gasteiger partial charge in [0.1, 0.15) is 0 Å². The van der Waals surface area contributed by atoms with Crippen LogP contribution in [0, 0.1) is 13.0 Å². The average Bonchev–Trinajstić information content (AvgIpc) is 2.28. The molecule has 21 heavy (non-hydrogen) atoms. The second-order valence-electron chi connectivity index (χ2n) is 5.03. The van der Waals surface area contributed by atoms with E-state index in [1.165, 1.54) is 17.5 Å². The van der Waals surface area contributed by atoms with Crippen molar-refractivity contribution < 1.29 is 34.0 Å². The summed E-state index contributed by atoms with van der Waals surface area (Å²) in [5.74, 6) is 0. The van der Waals surface area contributed by atoms with Crippen molar-refractivity contribution in [3.05, 3.63) is 42.3 Å². The monoisotopic (exact) mass is 526 g/mol. The second-order valence-corrected chi connectivity index (χ2v) is 5.03. The van der Waals surface area contributed by atoms with E-state index in [4.69, 9.17) is 0 Å². The Labute approximate surface area is 170 Å². The van der Waals surface area contributed by atoms with Crippen LogP contribution in [0.3, 0.4) is 0 Å².